The van der Waals surface area contributed by atoms with E-state index in [2.05, 4.69) is 15.3 Å². The summed E-state index contributed by atoms with van der Waals surface area (Å²) in [7, 11) is 0. The van der Waals surface area contributed by atoms with Gasteiger partial charge in [0.25, 0.3) is 5.91 Å². The van der Waals surface area contributed by atoms with Gasteiger partial charge in [0.2, 0.25) is 0 Å². The van der Waals surface area contributed by atoms with Crippen molar-refractivity contribution < 1.29 is 18.7 Å². The van der Waals surface area contributed by atoms with Crippen molar-refractivity contribution in [2.45, 2.75) is 13.3 Å². The van der Waals surface area contributed by atoms with Crippen LogP contribution in [-0.2, 0) is 16.0 Å². The standard InChI is InChI=1S/C15H13N3O4S2/c1-2-21-11(19)6-9-7-24-15(17-9)18-14(20)12-13(22-8-16-12)10-4-3-5-23-10/h3-5,7-8H,2,6H2,1H3,(H,17,18,20). The van der Waals surface area contributed by atoms with E-state index < -0.39 is 5.91 Å². The van der Waals surface area contributed by atoms with Crippen LogP contribution in [0, 0.1) is 0 Å². The van der Waals surface area contributed by atoms with Crippen LogP contribution in [0.1, 0.15) is 23.1 Å². The Kier molecular flexibility index (Phi) is 5.02. The molecule has 24 heavy (non-hydrogen) atoms. The molecule has 3 aromatic rings. The van der Waals surface area contributed by atoms with E-state index >= 15 is 0 Å². The van der Waals surface area contributed by atoms with Crippen molar-refractivity contribution in [3.05, 3.63) is 40.7 Å². The van der Waals surface area contributed by atoms with Crippen LogP contribution in [0.25, 0.3) is 10.6 Å². The van der Waals surface area contributed by atoms with Crippen LogP contribution in [0.3, 0.4) is 0 Å². The van der Waals surface area contributed by atoms with E-state index in [0.717, 1.165) is 4.88 Å². The number of oxazole rings is 1. The molecule has 1 amide bonds. The molecule has 0 fully saturated rings. The lowest BCUT2D eigenvalue weighted by atomic mass is 10.3. The number of aromatic nitrogens is 2. The second-order valence-electron chi connectivity index (χ2n) is 4.59. The van der Waals surface area contributed by atoms with Crippen molar-refractivity contribution in [3.8, 4) is 10.6 Å². The van der Waals surface area contributed by atoms with Gasteiger partial charge in [-0.15, -0.1) is 22.7 Å². The maximum Gasteiger partial charge on any atom is 0.311 e. The zero-order chi connectivity index (χ0) is 16.9. The van der Waals surface area contributed by atoms with Crippen LogP contribution in [0.2, 0.25) is 0 Å². The van der Waals surface area contributed by atoms with Crippen LogP contribution in [0.15, 0.2) is 33.7 Å². The summed E-state index contributed by atoms with van der Waals surface area (Å²) in [4.78, 5) is 32.8. The Morgan fingerprint density at radius 1 is 1.38 bits per heavy atom. The topological polar surface area (TPSA) is 94.3 Å². The highest BCUT2D eigenvalue weighted by Gasteiger charge is 2.20. The zero-order valence-corrected chi connectivity index (χ0v) is 14.3. The van der Waals surface area contributed by atoms with Gasteiger partial charge in [-0.2, -0.15) is 0 Å². The molecule has 0 radical (unpaired) electrons. The van der Waals surface area contributed by atoms with E-state index in [1.54, 1.807) is 12.3 Å². The molecule has 3 rings (SSSR count). The number of hydrogen-bond donors (Lipinski definition) is 1. The highest BCUT2D eigenvalue weighted by molar-refractivity contribution is 7.14. The average molecular weight is 363 g/mol. The summed E-state index contributed by atoms with van der Waals surface area (Å²) in [6.45, 7) is 2.07. The minimum Gasteiger partial charge on any atom is -0.466 e. The number of thiophene rings is 1. The van der Waals surface area contributed by atoms with Crippen molar-refractivity contribution in [2.24, 2.45) is 0 Å². The molecule has 0 spiro atoms. The largest absolute Gasteiger partial charge is 0.466 e. The summed E-state index contributed by atoms with van der Waals surface area (Å²) >= 11 is 2.69. The first-order valence-electron chi connectivity index (χ1n) is 7.06. The van der Waals surface area contributed by atoms with Gasteiger partial charge >= 0.3 is 5.97 Å². The normalized spacial score (nSPS) is 10.5. The average Bonchev–Trinajstić information content (AvgIpc) is 3.28. The molecular formula is C15H13N3O4S2. The fraction of sp³-hybridized carbons (Fsp3) is 0.200. The van der Waals surface area contributed by atoms with Crippen LogP contribution >= 0.6 is 22.7 Å². The molecule has 0 aliphatic carbocycles. The van der Waals surface area contributed by atoms with Gasteiger partial charge in [-0.1, -0.05) is 6.07 Å². The van der Waals surface area contributed by atoms with Crippen molar-refractivity contribution in [3.63, 3.8) is 0 Å². The monoisotopic (exact) mass is 363 g/mol. The Hall–Kier alpha value is -2.52. The number of nitrogens with zero attached hydrogens (tertiary/aromatic N) is 2. The minimum atomic E-state index is -0.413. The number of amides is 1. The van der Waals surface area contributed by atoms with E-state index in [-0.39, 0.29) is 18.1 Å². The molecule has 0 atom stereocenters. The molecule has 9 heteroatoms. The van der Waals surface area contributed by atoms with Crippen molar-refractivity contribution in [1.82, 2.24) is 9.97 Å². The SMILES string of the molecule is CCOC(=O)Cc1csc(NC(=O)c2ncoc2-c2cccs2)n1. The number of carbonyl (C=O) groups excluding carboxylic acids is 2. The summed E-state index contributed by atoms with van der Waals surface area (Å²) < 4.78 is 10.2. The van der Waals surface area contributed by atoms with E-state index in [9.17, 15) is 9.59 Å². The summed E-state index contributed by atoms with van der Waals surface area (Å²) in [5, 5.41) is 6.65. The predicted octanol–water partition coefficient (Wildman–Crippen LogP) is 3.22. The van der Waals surface area contributed by atoms with Crippen LogP contribution in [-0.4, -0.2) is 28.5 Å². The summed E-state index contributed by atoms with van der Waals surface area (Å²) in [5.74, 6) is -0.341. The molecule has 0 saturated carbocycles. The quantitative estimate of drug-likeness (QED) is 0.676. The number of carbonyl (C=O) groups is 2. The zero-order valence-electron chi connectivity index (χ0n) is 12.6. The fourth-order valence-corrected chi connectivity index (χ4v) is 3.37. The molecule has 3 heterocycles. The Bertz CT molecular complexity index is 839. The summed E-state index contributed by atoms with van der Waals surface area (Å²) in [6.07, 6.45) is 1.31. The number of hydrogen-bond acceptors (Lipinski definition) is 8. The molecule has 0 aromatic carbocycles. The number of ether oxygens (including phenoxy) is 1. The maximum absolute atomic E-state index is 12.4. The smallest absolute Gasteiger partial charge is 0.311 e. The number of thiazole rings is 1. The fourth-order valence-electron chi connectivity index (χ4n) is 1.95. The third-order valence-electron chi connectivity index (χ3n) is 2.93. The Morgan fingerprint density at radius 2 is 2.25 bits per heavy atom. The Labute approximate surface area is 145 Å². The first kappa shape index (κ1) is 16.3. The van der Waals surface area contributed by atoms with Gasteiger partial charge in [0.15, 0.2) is 23.0 Å². The molecule has 0 aliphatic rings. The molecule has 3 aromatic heterocycles. The number of anilines is 1. The molecule has 1 N–H and O–H groups in total. The van der Waals surface area contributed by atoms with Gasteiger partial charge in [0, 0.05) is 5.38 Å². The third-order valence-corrected chi connectivity index (χ3v) is 4.61. The van der Waals surface area contributed by atoms with Gasteiger partial charge in [-0.3, -0.25) is 14.9 Å². The molecule has 0 aliphatic heterocycles. The lowest BCUT2D eigenvalue weighted by Gasteiger charge is -2.00. The van der Waals surface area contributed by atoms with Gasteiger partial charge in [0.1, 0.15) is 0 Å². The first-order chi connectivity index (χ1) is 11.7. The lowest BCUT2D eigenvalue weighted by Crippen LogP contribution is -2.13. The van der Waals surface area contributed by atoms with Crippen molar-refractivity contribution in [1.29, 1.82) is 0 Å². The van der Waals surface area contributed by atoms with Crippen LogP contribution in [0.4, 0.5) is 5.13 Å². The number of esters is 1. The second-order valence-corrected chi connectivity index (χ2v) is 6.39. The molecule has 0 saturated heterocycles. The first-order valence-corrected chi connectivity index (χ1v) is 8.82. The number of rotatable bonds is 6. The highest BCUT2D eigenvalue weighted by Crippen LogP contribution is 2.28. The summed E-state index contributed by atoms with van der Waals surface area (Å²) in [6, 6.07) is 3.72. The summed E-state index contributed by atoms with van der Waals surface area (Å²) in [5.41, 5.74) is 0.743. The van der Waals surface area contributed by atoms with Gasteiger partial charge in [-0.05, 0) is 18.4 Å². The highest BCUT2D eigenvalue weighted by atomic mass is 32.1. The van der Waals surface area contributed by atoms with Gasteiger partial charge < -0.3 is 9.15 Å². The molecule has 0 bridgehead atoms. The Balaban J connectivity index is 1.69. The van der Waals surface area contributed by atoms with E-state index in [0.29, 0.717) is 23.2 Å². The van der Waals surface area contributed by atoms with E-state index in [1.807, 2.05) is 17.5 Å². The lowest BCUT2D eigenvalue weighted by molar-refractivity contribution is -0.142. The third kappa shape index (κ3) is 3.69. The van der Waals surface area contributed by atoms with Crippen molar-refractivity contribution >= 4 is 39.7 Å². The van der Waals surface area contributed by atoms with Crippen LogP contribution in [0.5, 0.6) is 0 Å². The maximum atomic E-state index is 12.4. The van der Waals surface area contributed by atoms with Gasteiger partial charge in [-0.25, -0.2) is 9.97 Å². The second kappa shape index (κ2) is 7.37. The number of nitrogens with one attached hydrogen (secondary N) is 1. The Morgan fingerprint density at radius 3 is 3.00 bits per heavy atom. The molecule has 0 unspecified atom stereocenters. The molecular weight excluding hydrogens is 350 g/mol. The minimum absolute atomic E-state index is 0.0740. The van der Waals surface area contributed by atoms with E-state index in [1.165, 1.54) is 29.1 Å². The predicted molar refractivity (Wildman–Crippen MR) is 90.2 cm³/mol. The van der Waals surface area contributed by atoms with Crippen molar-refractivity contribution in [2.75, 3.05) is 11.9 Å². The van der Waals surface area contributed by atoms with Gasteiger partial charge in [0.05, 0.1) is 23.6 Å². The van der Waals surface area contributed by atoms with Crippen LogP contribution < -0.4 is 5.32 Å². The molecule has 7 nitrogen and oxygen atoms in total. The molecule has 124 valence electrons. The van der Waals surface area contributed by atoms with E-state index in [4.69, 9.17) is 9.15 Å².